The quantitative estimate of drug-likeness (QED) is 0.676. The van der Waals surface area contributed by atoms with Gasteiger partial charge in [0.25, 0.3) is 0 Å². The standard InChI is InChI=1S/C19H21BrN2O3/c1-3-11-25-19-15(5-4-10-21-19)13-22-18(23)9-6-14-12-16(20)7-8-17(14)24-2/h4-10,12H,3,11,13H2,1-2H3,(H,22,23)/b9-6-. The van der Waals surface area contributed by atoms with E-state index in [-0.39, 0.29) is 5.91 Å². The van der Waals surface area contributed by atoms with Gasteiger partial charge in [-0.05, 0) is 36.8 Å². The van der Waals surface area contributed by atoms with Gasteiger partial charge in [-0.2, -0.15) is 0 Å². The molecule has 1 heterocycles. The number of hydrogen-bond donors (Lipinski definition) is 1. The third-order valence-corrected chi connectivity index (χ3v) is 3.85. The predicted molar refractivity (Wildman–Crippen MR) is 102 cm³/mol. The molecule has 2 rings (SSSR count). The highest BCUT2D eigenvalue weighted by molar-refractivity contribution is 9.10. The number of ether oxygens (including phenoxy) is 2. The first-order chi connectivity index (χ1) is 12.1. The molecular formula is C19H21BrN2O3. The van der Waals surface area contributed by atoms with Crippen LogP contribution in [0.1, 0.15) is 24.5 Å². The van der Waals surface area contributed by atoms with Crippen molar-refractivity contribution in [2.24, 2.45) is 0 Å². The summed E-state index contributed by atoms with van der Waals surface area (Å²) in [7, 11) is 1.60. The van der Waals surface area contributed by atoms with Gasteiger partial charge in [0.2, 0.25) is 11.8 Å². The summed E-state index contributed by atoms with van der Waals surface area (Å²) in [5, 5.41) is 2.84. The molecule has 0 saturated carbocycles. The summed E-state index contributed by atoms with van der Waals surface area (Å²) in [5.74, 6) is 1.06. The van der Waals surface area contributed by atoms with Crippen molar-refractivity contribution in [2.75, 3.05) is 13.7 Å². The maximum Gasteiger partial charge on any atom is 0.244 e. The number of carbonyl (C=O) groups is 1. The van der Waals surface area contributed by atoms with Gasteiger partial charge in [-0.25, -0.2) is 4.98 Å². The van der Waals surface area contributed by atoms with Gasteiger partial charge in [-0.3, -0.25) is 4.79 Å². The monoisotopic (exact) mass is 404 g/mol. The van der Waals surface area contributed by atoms with Gasteiger partial charge < -0.3 is 14.8 Å². The van der Waals surface area contributed by atoms with Crippen LogP contribution in [0.4, 0.5) is 0 Å². The zero-order valence-electron chi connectivity index (χ0n) is 14.3. The molecule has 1 amide bonds. The Morgan fingerprint density at radius 3 is 2.96 bits per heavy atom. The summed E-state index contributed by atoms with van der Waals surface area (Å²) in [6, 6.07) is 9.33. The van der Waals surface area contributed by atoms with Gasteiger partial charge in [0.15, 0.2) is 0 Å². The van der Waals surface area contributed by atoms with Crippen molar-refractivity contribution in [1.82, 2.24) is 10.3 Å². The lowest BCUT2D eigenvalue weighted by Crippen LogP contribution is -2.21. The molecule has 1 aromatic heterocycles. The van der Waals surface area contributed by atoms with E-state index in [9.17, 15) is 4.79 Å². The highest BCUT2D eigenvalue weighted by Crippen LogP contribution is 2.24. The minimum Gasteiger partial charge on any atom is -0.496 e. The Bertz CT molecular complexity index is 747. The van der Waals surface area contributed by atoms with Crippen LogP contribution in [-0.4, -0.2) is 24.6 Å². The molecule has 0 bridgehead atoms. The van der Waals surface area contributed by atoms with E-state index in [2.05, 4.69) is 26.2 Å². The predicted octanol–water partition coefficient (Wildman–Crippen LogP) is 3.97. The van der Waals surface area contributed by atoms with E-state index in [4.69, 9.17) is 9.47 Å². The van der Waals surface area contributed by atoms with Crippen molar-refractivity contribution < 1.29 is 14.3 Å². The van der Waals surface area contributed by atoms with Crippen molar-refractivity contribution in [3.8, 4) is 11.6 Å². The number of benzene rings is 1. The molecule has 0 radical (unpaired) electrons. The lowest BCUT2D eigenvalue weighted by Gasteiger charge is -2.09. The van der Waals surface area contributed by atoms with E-state index in [0.29, 0.717) is 24.8 Å². The zero-order chi connectivity index (χ0) is 18.1. The minimum absolute atomic E-state index is 0.202. The van der Waals surface area contributed by atoms with Crippen LogP contribution < -0.4 is 14.8 Å². The van der Waals surface area contributed by atoms with Crippen molar-refractivity contribution >= 4 is 27.9 Å². The minimum atomic E-state index is -0.202. The van der Waals surface area contributed by atoms with E-state index in [0.717, 1.165) is 22.0 Å². The SMILES string of the molecule is CCCOc1ncccc1CNC(=O)/C=C\c1cc(Br)ccc1OC. The number of pyridine rings is 1. The van der Waals surface area contributed by atoms with Crippen molar-refractivity contribution in [2.45, 2.75) is 19.9 Å². The first-order valence-electron chi connectivity index (χ1n) is 8.00. The van der Waals surface area contributed by atoms with E-state index in [1.807, 2.05) is 37.3 Å². The highest BCUT2D eigenvalue weighted by atomic mass is 79.9. The molecule has 0 unspecified atom stereocenters. The Labute approximate surface area is 156 Å². The largest absolute Gasteiger partial charge is 0.496 e. The van der Waals surface area contributed by atoms with E-state index >= 15 is 0 Å². The van der Waals surface area contributed by atoms with E-state index in [1.54, 1.807) is 19.4 Å². The molecule has 0 aliphatic heterocycles. The highest BCUT2D eigenvalue weighted by Gasteiger charge is 2.06. The van der Waals surface area contributed by atoms with Gasteiger partial charge in [0.05, 0.1) is 13.7 Å². The van der Waals surface area contributed by atoms with Gasteiger partial charge >= 0.3 is 0 Å². The summed E-state index contributed by atoms with van der Waals surface area (Å²) < 4.78 is 11.8. The second-order valence-electron chi connectivity index (χ2n) is 5.25. The topological polar surface area (TPSA) is 60.5 Å². The van der Waals surface area contributed by atoms with Crippen LogP contribution >= 0.6 is 15.9 Å². The summed E-state index contributed by atoms with van der Waals surface area (Å²) in [5.41, 5.74) is 1.66. The number of amides is 1. The molecule has 1 aromatic carbocycles. The van der Waals surface area contributed by atoms with Crippen LogP contribution in [0.3, 0.4) is 0 Å². The average molecular weight is 405 g/mol. The molecule has 0 spiro atoms. The summed E-state index contributed by atoms with van der Waals surface area (Å²) in [6.07, 6.45) is 5.78. The number of hydrogen-bond acceptors (Lipinski definition) is 4. The normalized spacial score (nSPS) is 10.7. The Morgan fingerprint density at radius 2 is 2.20 bits per heavy atom. The number of nitrogens with zero attached hydrogens (tertiary/aromatic N) is 1. The lowest BCUT2D eigenvalue weighted by atomic mass is 10.2. The fourth-order valence-electron chi connectivity index (χ4n) is 2.13. The van der Waals surface area contributed by atoms with Gasteiger partial charge in [-0.1, -0.05) is 28.9 Å². The number of nitrogens with one attached hydrogen (secondary N) is 1. The van der Waals surface area contributed by atoms with E-state index in [1.165, 1.54) is 6.08 Å². The second kappa shape index (κ2) is 9.84. The maximum atomic E-state index is 12.1. The fraction of sp³-hybridized carbons (Fsp3) is 0.263. The first kappa shape index (κ1) is 19.0. The van der Waals surface area contributed by atoms with Crippen molar-refractivity contribution in [3.05, 3.63) is 58.2 Å². The molecule has 0 atom stereocenters. The number of rotatable bonds is 8. The molecular weight excluding hydrogens is 384 g/mol. The molecule has 6 heteroatoms. The third-order valence-electron chi connectivity index (χ3n) is 3.35. The molecule has 0 aliphatic carbocycles. The molecule has 0 saturated heterocycles. The summed E-state index contributed by atoms with van der Waals surface area (Å²) >= 11 is 3.41. The summed E-state index contributed by atoms with van der Waals surface area (Å²) in [4.78, 5) is 16.3. The van der Waals surface area contributed by atoms with Crippen LogP contribution in [0, 0.1) is 0 Å². The fourth-order valence-corrected chi connectivity index (χ4v) is 2.51. The molecule has 0 fully saturated rings. The smallest absolute Gasteiger partial charge is 0.244 e. The molecule has 1 N–H and O–H groups in total. The molecule has 132 valence electrons. The maximum absolute atomic E-state index is 12.1. The van der Waals surface area contributed by atoms with E-state index < -0.39 is 0 Å². The van der Waals surface area contributed by atoms with Crippen molar-refractivity contribution in [1.29, 1.82) is 0 Å². The number of aromatic nitrogens is 1. The molecule has 25 heavy (non-hydrogen) atoms. The number of methoxy groups -OCH3 is 1. The average Bonchev–Trinajstić information content (AvgIpc) is 2.63. The molecule has 0 aliphatic rings. The zero-order valence-corrected chi connectivity index (χ0v) is 15.9. The first-order valence-corrected chi connectivity index (χ1v) is 8.79. The second-order valence-corrected chi connectivity index (χ2v) is 6.17. The van der Waals surface area contributed by atoms with Gasteiger partial charge in [-0.15, -0.1) is 0 Å². The lowest BCUT2D eigenvalue weighted by molar-refractivity contribution is -0.116. The Kier molecular flexibility index (Phi) is 7.47. The van der Waals surface area contributed by atoms with Gasteiger partial charge in [0.1, 0.15) is 5.75 Å². The third kappa shape index (κ3) is 5.90. The van der Waals surface area contributed by atoms with Crippen LogP contribution in [0.5, 0.6) is 11.6 Å². The summed E-state index contributed by atoms with van der Waals surface area (Å²) in [6.45, 7) is 2.98. The number of halogens is 1. The van der Waals surface area contributed by atoms with Gasteiger partial charge in [0, 0.05) is 34.4 Å². The van der Waals surface area contributed by atoms with Crippen LogP contribution in [0.15, 0.2) is 47.1 Å². The molecule has 5 nitrogen and oxygen atoms in total. The van der Waals surface area contributed by atoms with Crippen LogP contribution in [0.25, 0.3) is 6.08 Å². The van der Waals surface area contributed by atoms with Crippen LogP contribution in [0.2, 0.25) is 0 Å². The Hall–Kier alpha value is -2.34. The van der Waals surface area contributed by atoms with Crippen molar-refractivity contribution in [3.63, 3.8) is 0 Å². The number of carbonyl (C=O) groups excluding carboxylic acids is 1. The Balaban J connectivity index is 1.98. The van der Waals surface area contributed by atoms with Crippen LogP contribution in [-0.2, 0) is 11.3 Å². The molecule has 2 aromatic rings. The Morgan fingerprint density at radius 1 is 1.36 bits per heavy atom.